The van der Waals surface area contributed by atoms with Crippen LogP contribution in [-0.4, -0.2) is 26.0 Å². The van der Waals surface area contributed by atoms with Crippen molar-refractivity contribution in [3.63, 3.8) is 0 Å². The summed E-state index contributed by atoms with van der Waals surface area (Å²) in [5, 5.41) is 2.88. The third-order valence-electron chi connectivity index (χ3n) is 2.91. The predicted molar refractivity (Wildman–Crippen MR) is 68.2 cm³/mol. The molecule has 0 saturated carbocycles. The molecule has 0 unspecified atom stereocenters. The molecule has 0 spiro atoms. The van der Waals surface area contributed by atoms with E-state index in [1.807, 2.05) is 0 Å². The van der Waals surface area contributed by atoms with E-state index in [0.29, 0.717) is 37.2 Å². The summed E-state index contributed by atoms with van der Waals surface area (Å²) in [5.41, 5.74) is 1.20. The molecule has 0 aromatic heterocycles. The Labute approximate surface area is 111 Å². The zero-order valence-corrected chi connectivity index (χ0v) is 10.8. The Balaban J connectivity index is 0.00000162. The molecule has 0 aliphatic carbocycles. The first-order chi connectivity index (χ1) is 8.13. The van der Waals surface area contributed by atoms with Crippen molar-refractivity contribution in [1.29, 1.82) is 0 Å². The van der Waals surface area contributed by atoms with E-state index < -0.39 is 11.6 Å². The summed E-state index contributed by atoms with van der Waals surface area (Å²) in [5.74, 6) is -1.82. The molecule has 1 N–H and O–H groups in total. The van der Waals surface area contributed by atoms with Gasteiger partial charge >= 0.3 is 0 Å². The first-order valence-electron chi connectivity index (χ1n) is 5.56. The molecule has 0 bridgehead atoms. The van der Waals surface area contributed by atoms with Gasteiger partial charge < -0.3 is 10.2 Å². The summed E-state index contributed by atoms with van der Waals surface area (Å²) < 4.78 is 26.2. The van der Waals surface area contributed by atoms with Gasteiger partial charge in [-0.3, -0.25) is 4.79 Å². The molecule has 1 aliphatic rings. The van der Waals surface area contributed by atoms with E-state index in [1.165, 1.54) is 11.0 Å². The molecule has 6 heteroatoms. The third-order valence-corrected chi connectivity index (χ3v) is 2.91. The Hall–Kier alpha value is -1.20. The number of rotatable bonds is 3. The fourth-order valence-corrected chi connectivity index (χ4v) is 2.01. The van der Waals surface area contributed by atoms with Crippen LogP contribution in [0.25, 0.3) is 0 Å². The predicted octanol–water partition coefficient (Wildman–Crippen LogP) is 1.89. The monoisotopic (exact) mass is 276 g/mol. The van der Waals surface area contributed by atoms with Gasteiger partial charge in [0.15, 0.2) is 11.6 Å². The number of hydrogen-bond donors (Lipinski definition) is 1. The fourth-order valence-electron chi connectivity index (χ4n) is 2.01. The van der Waals surface area contributed by atoms with Crippen molar-refractivity contribution in [1.82, 2.24) is 5.32 Å². The number of carbonyl (C=O) groups excluding carboxylic acids is 1. The summed E-state index contributed by atoms with van der Waals surface area (Å²) in [7, 11) is 1.76. The van der Waals surface area contributed by atoms with Gasteiger partial charge in [-0.25, -0.2) is 8.78 Å². The Morgan fingerprint density at radius 3 is 2.72 bits per heavy atom. The SMILES string of the molecule is CNCCC(=O)N1CCc2cc(F)c(F)cc21.Cl. The van der Waals surface area contributed by atoms with Crippen LogP contribution in [0.4, 0.5) is 14.5 Å². The number of amides is 1. The molecule has 0 fully saturated rings. The normalized spacial score (nSPS) is 13.2. The molecule has 18 heavy (non-hydrogen) atoms. The standard InChI is InChI=1S/C12H14F2N2O.ClH/c1-15-4-2-12(17)16-5-3-8-6-9(13)10(14)7-11(8)16;/h6-7,15H,2-5H2,1H3;1H. The molecule has 1 aromatic carbocycles. The molecular weight excluding hydrogens is 262 g/mol. The van der Waals surface area contributed by atoms with Gasteiger partial charge in [0.2, 0.25) is 5.91 Å². The lowest BCUT2D eigenvalue weighted by atomic mass is 10.1. The molecule has 1 heterocycles. The number of nitrogens with zero attached hydrogens (tertiary/aromatic N) is 1. The van der Waals surface area contributed by atoms with Gasteiger partial charge in [-0.2, -0.15) is 0 Å². The highest BCUT2D eigenvalue weighted by atomic mass is 35.5. The van der Waals surface area contributed by atoms with Crippen molar-refractivity contribution in [3.05, 3.63) is 29.3 Å². The molecule has 1 amide bonds. The molecule has 1 aromatic rings. The number of carbonyl (C=O) groups is 1. The topological polar surface area (TPSA) is 32.3 Å². The summed E-state index contributed by atoms with van der Waals surface area (Å²) >= 11 is 0. The third kappa shape index (κ3) is 2.79. The number of benzene rings is 1. The summed E-state index contributed by atoms with van der Waals surface area (Å²) in [6.07, 6.45) is 0.937. The van der Waals surface area contributed by atoms with Crippen LogP contribution in [0.3, 0.4) is 0 Å². The van der Waals surface area contributed by atoms with E-state index in [4.69, 9.17) is 0 Å². The van der Waals surface area contributed by atoms with Crippen molar-refractivity contribution in [3.8, 4) is 0 Å². The second kappa shape index (κ2) is 6.11. The fraction of sp³-hybridized carbons (Fsp3) is 0.417. The molecule has 2 rings (SSSR count). The lowest BCUT2D eigenvalue weighted by Crippen LogP contribution is -2.31. The first-order valence-corrected chi connectivity index (χ1v) is 5.56. The smallest absolute Gasteiger partial charge is 0.228 e. The minimum atomic E-state index is -0.905. The number of hydrogen-bond acceptors (Lipinski definition) is 2. The molecule has 0 saturated heterocycles. The van der Waals surface area contributed by atoms with Crippen LogP contribution in [0.15, 0.2) is 12.1 Å². The zero-order valence-electron chi connectivity index (χ0n) is 10.0. The maximum atomic E-state index is 13.1. The summed E-state index contributed by atoms with van der Waals surface area (Å²) in [6.45, 7) is 1.08. The first kappa shape index (κ1) is 14.9. The molecule has 0 atom stereocenters. The number of anilines is 1. The Morgan fingerprint density at radius 2 is 2.06 bits per heavy atom. The number of halogens is 3. The van der Waals surface area contributed by atoms with E-state index in [9.17, 15) is 13.6 Å². The maximum Gasteiger partial charge on any atom is 0.228 e. The Bertz CT molecular complexity index is 454. The lowest BCUT2D eigenvalue weighted by Gasteiger charge is -2.17. The van der Waals surface area contributed by atoms with Gasteiger partial charge in [0.05, 0.1) is 0 Å². The second-order valence-corrected chi connectivity index (χ2v) is 4.04. The van der Waals surface area contributed by atoms with Crippen LogP contribution in [0, 0.1) is 11.6 Å². The van der Waals surface area contributed by atoms with Crippen LogP contribution >= 0.6 is 12.4 Å². The van der Waals surface area contributed by atoms with Crippen molar-refractivity contribution >= 4 is 24.0 Å². The van der Waals surface area contributed by atoms with E-state index in [0.717, 1.165) is 6.07 Å². The van der Waals surface area contributed by atoms with Crippen LogP contribution in [0.1, 0.15) is 12.0 Å². The molecule has 100 valence electrons. The van der Waals surface area contributed by atoms with Gasteiger partial charge in [0.25, 0.3) is 0 Å². The molecule has 0 radical (unpaired) electrons. The van der Waals surface area contributed by atoms with Gasteiger partial charge in [-0.15, -0.1) is 12.4 Å². The van der Waals surface area contributed by atoms with Crippen LogP contribution in [0.2, 0.25) is 0 Å². The molecular formula is C12H15ClF2N2O. The van der Waals surface area contributed by atoms with E-state index in [1.54, 1.807) is 7.05 Å². The van der Waals surface area contributed by atoms with E-state index in [-0.39, 0.29) is 18.3 Å². The molecule has 1 aliphatic heterocycles. The average Bonchev–Trinajstić information content (AvgIpc) is 2.69. The minimum absolute atomic E-state index is 0. The number of nitrogens with one attached hydrogen (secondary N) is 1. The van der Waals surface area contributed by atoms with Crippen molar-refractivity contribution in [2.45, 2.75) is 12.8 Å². The largest absolute Gasteiger partial charge is 0.319 e. The van der Waals surface area contributed by atoms with Gasteiger partial charge in [-0.1, -0.05) is 0 Å². The maximum absolute atomic E-state index is 13.1. The van der Waals surface area contributed by atoms with Crippen LogP contribution in [-0.2, 0) is 11.2 Å². The second-order valence-electron chi connectivity index (χ2n) is 4.04. The number of fused-ring (bicyclic) bond motifs is 1. The summed E-state index contributed by atoms with van der Waals surface area (Å²) in [4.78, 5) is 13.4. The lowest BCUT2D eigenvalue weighted by molar-refractivity contribution is -0.118. The quantitative estimate of drug-likeness (QED) is 0.914. The van der Waals surface area contributed by atoms with Gasteiger partial charge in [0, 0.05) is 31.3 Å². The summed E-state index contributed by atoms with van der Waals surface area (Å²) in [6, 6.07) is 2.28. The van der Waals surface area contributed by atoms with Crippen molar-refractivity contribution < 1.29 is 13.6 Å². The van der Waals surface area contributed by atoms with Gasteiger partial charge in [-0.05, 0) is 25.1 Å². The van der Waals surface area contributed by atoms with E-state index in [2.05, 4.69) is 5.32 Å². The van der Waals surface area contributed by atoms with Gasteiger partial charge in [0.1, 0.15) is 0 Å². The minimum Gasteiger partial charge on any atom is -0.319 e. The van der Waals surface area contributed by atoms with Crippen LogP contribution < -0.4 is 10.2 Å². The Morgan fingerprint density at radius 1 is 1.39 bits per heavy atom. The zero-order chi connectivity index (χ0) is 12.4. The highest BCUT2D eigenvalue weighted by Crippen LogP contribution is 2.30. The molecule has 3 nitrogen and oxygen atoms in total. The Kier molecular flexibility index (Phi) is 5.04. The highest BCUT2D eigenvalue weighted by Gasteiger charge is 2.25. The van der Waals surface area contributed by atoms with Crippen molar-refractivity contribution in [2.75, 3.05) is 25.0 Å². The average molecular weight is 277 g/mol. The van der Waals surface area contributed by atoms with Crippen LogP contribution in [0.5, 0.6) is 0 Å². The van der Waals surface area contributed by atoms with Crippen molar-refractivity contribution in [2.24, 2.45) is 0 Å². The highest BCUT2D eigenvalue weighted by molar-refractivity contribution is 5.95. The van der Waals surface area contributed by atoms with E-state index >= 15 is 0 Å².